The van der Waals surface area contributed by atoms with Crippen molar-refractivity contribution in [3.63, 3.8) is 0 Å². The number of thiophene rings is 1. The number of piperidine rings is 1. The first-order chi connectivity index (χ1) is 11.4. The molecule has 1 aromatic rings. The maximum absolute atomic E-state index is 11.8. The molecule has 2 rings (SSSR count). The van der Waals surface area contributed by atoms with Crippen LogP contribution in [0, 0.1) is 11.3 Å². The summed E-state index contributed by atoms with van der Waals surface area (Å²) in [5, 5.41) is 7.74. The van der Waals surface area contributed by atoms with Crippen molar-refractivity contribution in [3.8, 4) is 0 Å². The van der Waals surface area contributed by atoms with E-state index in [4.69, 9.17) is 5.73 Å². The molecule has 24 heavy (non-hydrogen) atoms. The van der Waals surface area contributed by atoms with Gasteiger partial charge < -0.3 is 16.4 Å². The van der Waals surface area contributed by atoms with Crippen LogP contribution in [0.25, 0.3) is 0 Å². The number of rotatable bonds is 7. The van der Waals surface area contributed by atoms with Gasteiger partial charge in [0.05, 0.1) is 5.41 Å². The standard InChI is InChI=1S/C17H28N4O2S/c1-17(2,15(18)22)12-20-16(23)19-10-13-5-7-21(8-6-13)11-14-4-3-9-24-14/h3-4,9,13H,5-8,10-12H2,1-2H3,(H2,18,22)(H2,19,20,23). The second-order valence-corrected chi connectivity index (χ2v) is 8.14. The predicted octanol–water partition coefficient (Wildman–Crippen LogP) is 1.77. The summed E-state index contributed by atoms with van der Waals surface area (Å²) < 4.78 is 0. The molecular formula is C17H28N4O2S. The Balaban J connectivity index is 1.62. The van der Waals surface area contributed by atoms with Gasteiger partial charge >= 0.3 is 6.03 Å². The minimum atomic E-state index is -0.732. The average molecular weight is 353 g/mol. The number of primary amides is 1. The molecule has 1 saturated heterocycles. The Morgan fingerprint density at radius 3 is 2.62 bits per heavy atom. The van der Waals surface area contributed by atoms with Gasteiger partial charge in [0.15, 0.2) is 0 Å². The van der Waals surface area contributed by atoms with Crippen molar-refractivity contribution in [1.82, 2.24) is 15.5 Å². The van der Waals surface area contributed by atoms with Crippen LogP contribution in [0.4, 0.5) is 4.79 Å². The molecule has 1 aromatic heterocycles. The van der Waals surface area contributed by atoms with Crippen LogP contribution in [-0.2, 0) is 11.3 Å². The molecule has 1 aliphatic heterocycles. The van der Waals surface area contributed by atoms with E-state index in [1.165, 1.54) is 4.88 Å². The van der Waals surface area contributed by atoms with Crippen molar-refractivity contribution >= 4 is 23.3 Å². The van der Waals surface area contributed by atoms with Crippen LogP contribution >= 0.6 is 11.3 Å². The molecule has 0 unspecified atom stereocenters. The summed E-state index contributed by atoms with van der Waals surface area (Å²) in [4.78, 5) is 27.0. The van der Waals surface area contributed by atoms with E-state index in [9.17, 15) is 9.59 Å². The number of nitrogens with two attached hydrogens (primary N) is 1. The van der Waals surface area contributed by atoms with Gasteiger partial charge in [-0.25, -0.2) is 4.79 Å². The summed E-state index contributed by atoms with van der Waals surface area (Å²) in [5.74, 6) is 0.0976. The van der Waals surface area contributed by atoms with Crippen molar-refractivity contribution in [2.45, 2.75) is 33.2 Å². The van der Waals surface area contributed by atoms with Crippen LogP contribution in [0.3, 0.4) is 0 Å². The first-order valence-electron chi connectivity index (χ1n) is 8.43. The van der Waals surface area contributed by atoms with Crippen molar-refractivity contribution in [2.24, 2.45) is 17.1 Å². The normalized spacial score (nSPS) is 16.8. The van der Waals surface area contributed by atoms with Gasteiger partial charge in [-0.2, -0.15) is 0 Å². The largest absolute Gasteiger partial charge is 0.369 e. The summed E-state index contributed by atoms with van der Waals surface area (Å²) in [6.45, 7) is 7.53. The van der Waals surface area contributed by atoms with Gasteiger partial charge in [-0.15, -0.1) is 11.3 Å². The molecule has 2 heterocycles. The summed E-state index contributed by atoms with van der Waals surface area (Å²) >= 11 is 1.80. The Kier molecular flexibility index (Phi) is 6.62. The Morgan fingerprint density at radius 1 is 1.33 bits per heavy atom. The quantitative estimate of drug-likeness (QED) is 0.699. The van der Waals surface area contributed by atoms with Crippen LogP contribution in [0.1, 0.15) is 31.6 Å². The second kappa shape index (κ2) is 8.48. The maximum atomic E-state index is 11.8. The topological polar surface area (TPSA) is 87.5 Å². The van der Waals surface area contributed by atoms with Crippen LogP contribution < -0.4 is 16.4 Å². The summed E-state index contributed by atoms with van der Waals surface area (Å²) in [6, 6.07) is 4.04. The van der Waals surface area contributed by atoms with Crippen molar-refractivity contribution in [2.75, 3.05) is 26.2 Å². The van der Waals surface area contributed by atoms with Crippen LogP contribution in [0.5, 0.6) is 0 Å². The monoisotopic (exact) mass is 352 g/mol. The number of carbonyl (C=O) groups excluding carboxylic acids is 2. The van der Waals surface area contributed by atoms with Gasteiger partial charge in [0.1, 0.15) is 0 Å². The third kappa shape index (κ3) is 5.79. The van der Waals surface area contributed by atoms with E-state index >= 15 is 0 Å². The molecule has 134 valence electrons. The van der Waals surface area contributed by atoms with Gasteiger partial charge in [-0.3, -0.25) is 9.69 Å². The van der Waals surface area contributed by atoms with E-state index in [-0.39, 0.29) is 12.6 Å². The molecule has 7 heteroatoms. The number of hydrogen-bond acceptors (Lipinski definition) is 4. The molecule has 0 aromatic carbocycles. The molecule has 6 nitrogen and oxygen atoms in total. The fourth-order valence-corrected chi connectivity index (χ4v) is 3.41. The van der Waals surface area contributed by atoms with E-state index < -0.39 is 11.3 Å². The maximum Gasteiger partial charge on any atom is 0.314 e. The van der Waals surface area contributed by atoms with Gasteiger partial charge in [-0.05, 0) is 57.1 Å². The van der Waals surface area contributed by atoms with E-state index in [2.05, 4.69) is 33.0 Å². The lowest BCUT2D eigenvalue weighted by Crippen LogP contribution is -2.47. The van der Waals surface area contributed by atoms with Gasteiger partial charge in [0, 0.05) is 24.5 Å². The molecule has 0 aliphatic carbocycles. The van der Waals surface area contributed by atoms with Crippen LogP contribution in [0.2, 0.25) is 0 Å². The van der Waals surface area contributed by atoms with Crippen molar-refractivity contribution in [1.29, 1.82) is 0 Å². The number of amides is 3. The van der Waals surface area contributed by atoms with Gasteiger partial charge in [0.2, 0.25) is 5.91 Å². The number of nitrogens with zero attached hydrogens (tertiary/aromatic N) is 1. The molecule has 4 N–H and O–H groups in total. The zero-order valence-corrected chi connectivity index (χ0v) is 15.3. The van der Waals surface area contributed by atoms with Crippen molar-refractivity contribution < 1.29 is 9.59 Å². The molecule has 0 atom stereocenters. The highest BCUT2D eigenvalue weighted by atomic mass is 32.1. The van der Waals surface area contributed by atoms with Crippen molar-refractivity contribution in [3.05, 3.63) is 22.4 Å². The minimum absolute atomic E-state index is 0.231. The SMILES string of the molecule is CC(C)(CNC(=O)NCC1CCN(Cc2cccs2)CC1)C(N)=O. The first kappa shape index (κ1) is 18.7. The Hall–Kier alpha value is -1.60. The zero-order valence-electron chi connectivity index (χ0n) is 14.5. The number of urea groups is 1. The fourth-order valence-electron chi connectivity index (χ4n) is 2.66. The smallest absolute Gasteiger partial charge is 0.314 e. The van der Waals surface area contributed by atoms with Crippen LogP contribution in [0.15, 0.2) is 17.5 Å². The summed E-state index contributed by atoms with van der Waals surface area (Å²) in [5.41, 5.74) is 4.56. The van der Waals surface area contributed by atoms with E-state index in [0.717, 1.165) is 32.5 Å². The molecule has 1 aliphatic rings. The second-order valence-electron chi connectivity index (χ2n) is 7.11. The van der Waals surface area contributed by atoms with Gasteiger partial charge in [-0.1, -0.05) is 6.07 Å². The third-order valence-electron chi connectivity index (χ3n) is 4.58. The van der Waals surface area contributed by atoms with Crippen LogP contribution in [-0.4, -0.2) is 43.0 Å². The fraction of sp³-hybridized carbons (Fsp3) is 0.647. The molecule has 3 amide bonds. The molecule has 0 bridgehead atoms. The Morgan fingerprint density at radius 2 is 2.04 bits per heavy atom. The van der Waals surface area contributed by atoms with E-state index in [1.807, 2.05) is 0 Å². The number of carbonyl (C=O) groups is 2. The molecule has 0 spiro atoms. The predicted molar refractivity (Wildman–Crippen MR) is 96.7 cm³/mol. The lowest BCUT2D eigenvalue weighted by molar-refractivity contribution is -0.125. The van der Waals surface area contributed by atoms with E-state index in [1.54, 1.807) is 25.2 Å². The Bertz CT molecular complexity index is 537. The molecule has 0 saturated carbocycles. The summed E-state index contributed by atoms with van der Waals surface area (Å²) in [7, 11) is 0. The average Bonchev–Trinajstić information content (AvgIpc) is 3.05. The molecular weight excluding hydrogens is 324 g/mol. The number of nitrogens with one attached hydrogen (secondary N) is 2. The lowest BCUT2D eigenvalue weighted by Gasteiger charge is -2.31. The highest BCUT2D eigenvalue weighted by Gasteiger charge is 2.25. The number of likely N-dealkylation sites (tertiary alicyclic amines) is 1. The summed E-state index contributed by atoms with van der Waals surface area (Å²) in [6.07, 6.45) is 2.19. The van der Waals surface area contributed by atoms with Gasteiger partial charge in [0.25, 0.3) is 0 Å². The van der Waals surface area contributed by atoms with E-state index in [0.29, 0.717) is 12.5 Å². The lowest BCUT2D eigenvalue weighted by atomic mass is 9.93. The minimum Gasteiger partial charge on any atom is -0.369 e. The Labute approximate surface area is 147 Å². The molecule has 1 fully saturated rings. The number of hydrogen-bond donors (Lipinski definition) is 3. The highest BCUT2D eigenvalue weighted by molar-refractivity contribution is 7.09. The zero-order chi connectivity index (χ0) is 17.6. The third-order valence-corrected chi connectivity index (χ3v) is 5.44. The molecule has 0 radical (unpaired) electrons. The highest BCUT2D eigenvalue weighted by Crippen LogP contribution is 2.20. The first-order valence-corrected chi connectivity index (χ1v) is 9.31.